The molecule has 0 fully saturated rings. The van der Waals surface area contributed by atoms with Gasteiger partial charge in [0.15, 0.2) is 5.96 Å². The lowest BCUT2D eigenvalue weighted by molar-refractivity contribution is 0.265. The van der Waals surface area contributed by atoms with Gasteiger partial charge < -0.3 is 10.6 Å². The van der Waals surface area contributed by atoms with Crippen molar-refractivity contribution in [3.63, 3.8) is 0 Å². The van der Waals surface area contributed by atoms with Crippen LogP contribution < -0.4 is 10.6 Å². The summed E-state index contributed by atoms with van der Waals surface area (Å²) in [6, 6.07) is 9.13. The molecule has 2 N–H and O–H groups in total. The standard InChI is InChI=1S/C21H33N5S/c1-15(2)26(6)14-19-10-8-7-9-18(19)13-24-21(22-5)23-12-11-20-25-16(3)17(4)27-20/h7-10,15H,11-14H2,1-6H3,(H2,22,23,24). The van der Waals surface area contributed by atoms with E-state index in [0.717, 1.165) is 37.7 Å². The second-order valence-corrected chi connectivity index (χ2v) is 8.42. The van der Waals surface area contributed by atoms with Crippen molar-refractivity contribution in [2.75, 3.05) is 20.6 Å². The first-order valence-corrected chi connectivity index (χ1v) is 10.4. The van der Waals surface area contributed by atoms with Crippen molar-refractivity contribution in [3.05, 3.63) is 51.0 Å². The predicted molar refractivity (Wildman–Crippen MR) is 117 cm³/mol. The monoisotopic (exact) mass is 387 g/mol. The topological polar surface area (TPSA) is 52.6 Å². The Morgan fingerprint density at radius 1 is 1.19 bits per heavy atom. The van der Waals surface area contributed by atoms with E-state index in [9.17, 15) is 0 Å². The van der Waals surface area contributed by atoms with E-state index in [1.807, 2.05) is 7.05 Å². The van der Waals surface area contributed by atoms with Gasteiger partial charge in [-0.1, -0.05) is 24.3 Å². The molecule has 27 heavy (non-hydrogen) atoms. The average molecular weight is 388 g/mol. The summed E-state index contributed by atoms with van der Waals surface area (Å²) in [5, 5.41) is 8.00. The summed E-state index contributed by atoms with van der Waals surface area (Å²) in [6.45, 7) is 11.2. The minimum atomic E-state index is 0.526. The van der Waals surface area contributed by atoms with Crippen LogP contribution in [0.2, 0.25) is 0 Å². The first-order chi connectivity index (χ1) is 12.9. The molecule has 1 heterocycles. The van der Waals surface area contributed by atoms with Crippen LogP contribution >= 0.6 is 11.3 Å². The lowest BCUT2D eigenvalue weighted by Gasteiger charge is -2.23. The van der Waals surface area contributed by atoms with Crippen LogP contribution in [0.3, 0.4) is 0 Å². The van der Waals surface area contributed by atoms with Crippen LogP contribution in [0, 0.1) is 13.8 Å². The smallest absolute Gasteiger partial charge is 0.191 e. The summed E-state index contributed by atoms with van der Waals surface area (Å²) in [6.07, 6.45) is 0.913. The zero-order chi connectivity index (χ0) is 19.8. The molecule has 0 saturated heterocycles. The Kier molecular flexibility index (Phi) is 8.25. The number of benzene rings is 1. The number of nitrogens with zero attached hydrogens (tertiary/aromatic N) is 3. The molecule has 1 aromatic carbocycles. The van der Waals surface area contributed by atoms with Crippen molar-refractivity contribution in [1.29, 1.82) is 0 Å². The van der Waals surface area contributed by atoms with Crippen molar-refractivity contribution in [2.45, 2.75) is 53.2 Å². The minimum absolute atomic E-state index is 0.526. The number of aliphatic imine (C=N–C) groups is 1. The van der Waals surface area contributed by atoms with Gasteiger partial charge in [0.25, 0.3) is 0 Å². The summed E-state index contributed by atoms with van der Waals surface area (Å²) in [4.78, 5) is 12.6. The van der Waals surface area contributed by atoms with Crippen molar-refractivity contribution >= 4 is 17.3 Å². The van der Waals surface area contributed by atoms with Crippen molar-refractivity contribution in [2.24, 2.45) is 4.99 Å². The normalized spacial score (nSPS) is 12.1. The van der Waals surface area contributed by atoms with Crippen molar-refractivity contribution < 1.29 is 0 Å². The molecule has 148 valence electrons. The Morgan fingerprint density at radius 3 is 2.48 bits per heavy atom. The van der Waals surface area contributed by atoms with E-state index in [4.69, 9.17) is 0 Å². The molecule has 0 unspecified atom stereocenters. The Labute approximate surface area is 167 Å². The summed E-state index contributed by atoms with van der Waals surface area (Å²) >= 11 is 1.78. The highest BCUT2D eigenvalue weighted by Gasteiger charge is 2.09. The lowest BCUT2D eigenvalue weighted by atomic mass is 10.1. The Hall–Kier alpha value is -1.92. The fourth-order valence-electron chi connectivity index (χ4n) is 2.67. The molecular formula is C21H33N5S. The van der Waals surface area contributed by atoms with Crippen LogP contribution in [-0.4, -0.2) is 42.5 Å². The van der Waals surface area contributed by atoms with Gasteiger partial charge >= 0.3 is 0 Å². The number of hydrogen-bond acceptors (Lipinski definition) is 4. The van der Waals surface area contributed by atoms with E-state index < -0.39 is 0 Å². The van der Waals surface area contributed by atoms with Crippen LogP contribution in [0.25, 0.3) is 0 Å². The van der Waals surface area contributed by atoms with Crippen LogP contribution in [0.15, 0.2) is 29.3 Å². The second kappa shape index (κ2) is 10.4. The number of guanidine groups is 1. The number of aryl methyl sites for hydroxylation is 2. The first kappa shape index (κ1) is 21.4. The zero-order valence-corrected chi connectivity index (χ0v) is 18.3. The highest BCUT2D eigenvalue weighted by Crippen LogP contribution is 2.16. The molecule has 0 atom stereocenters. The molecule has 0 saturated carbocycles. The fraction of sp³-hybridized carbons (Fsp3) is 0.524. The molecule has 0 radical (unpaired) electrons. The van der Waals surface area contributed by atoms with E-state index in [2.05, 4.69) is 84.5 Å². The predicted octanol–water partition coefficient (Wildman–Crippen LogP) is 3.51. The van der Waals surface area contributed by atoms with Crippen LogP contribution in [-0.2, 0) is 19.5 Å². The van der Waals surface area contributed by atoms with Gasteiger partial charge in [-0.3, -0.25) is 9.89 Å². The first-order valence-electron chi connectivity index (χ1n) is 9.55. The molecule has 5 nitrogen and oxygen atoms in total. The Bertz CT molecular complexity index is 731. The van der Waals surface area contributed by atoms with E-state index in [1.54, 1.807) is 11.3 Å². The van der Waals surface area contributed by atoms with Gasteiger partial charge in [0.1, 0.15) is 0 Å². The van der Waals surface area contributed by atoms with E-state index in [-0.39, 0.29) is 0 Å². The van der Waals surface area contributed by atoms with E-state index in [1.165, 1.54) is 21.0 Å². The summed E-state index contributed by atoms with van der Waals surface area (Å²) < 4.78 is 0. The molecule has 6 heteroatoms. The van der Waals surface area contributed by atoms with Crippen molar-refractivity contribution in [1.82, 2.24) is 20.5 Å². The maximum Gasteiger partial charge on any atom is 0.191 e. The molecule has 2 rings (SSSR count). The summed E-state index contributed by atoms with van der Waals surface area (Å²) in [5.41, 5.74) is 3.80. The quantitative estimate of drug-likeness (QED) is 0.538. The molecular weight excluding hydrogens is 354 g/mol. The maximum atomic E-state index is 4.59. The van der Waals surface area contributed by atoms with Gasteiger partial charge in [0.05, 0.1) is 10.7 Å². The minimum Gasteiger partial charge on any atom is -0.356 e. The summed E-state index contributed by atoms with van der Waals surface area (Å²) in [7, 11) is 3.98. The number of thiazole rings is 1. The molecule has 0 aliphatic carbocycles. The Morgan fingerprint density at radius 2 is 1.89 bits per heavy atom. The second-order valence-electron chi connectivity index (χ2n) is 7.13. The van der Waals surface area contributed by atoms with Gasteiger partial charge in [0.2, 0.25) is 0 Å². The molecule has 1 aromatic heterocycles. The number of hydrogen-bond donors (Lipinski definition) is 2. The average Bonchev–Trinajstić information content (AvgIpc) is 2.96. The van der Waals surface area contributed by atoms with Gasteiger partial charge in [-0.05, 0) is 45.9 Å². The highest BCUT2D eigenvalue weighted by molar-refractivity contribution is 7.11. The fourth-order valence-corrected chi connectivity index (χ4v) is 3.60. The summed E-state index contributed by atoms with van der Waals surface area (Å²) in [5.74, 6) is 0.826. The third-order valence-electron chi connectivity index (χ3n) is 4.79. The maximum absolute atomic E-state index is 4.59. The van der Waals surface area contributed by atoms with Gasteiger partial charge in [0, 0.05) is 44.0 Å². The van der Waals surface area contributed by atoms with Crippen LogP contribution in [0.5, 0.6) is 0 Å². The molecule has 0 aliphatic rings. The SMILES string of the molecule is CN=C(NCCc1nc(C)c(C)s1)NCc1ccccc1CN(C)C(C)C. The van der Waals surface area contributed by atoms with E-state index >= 15 is 0 Å². The molecule has 0 aliphatic heterocycles. The van der Waals surface area contributed by atoms with Crippen LogP contribution in [0.4, 0.5) is 0 Å². The number of aromatic nitrogens is 1. The van der Waals surface area contributed by atoms with Gasteiger partial charge in [-0.25, -0.2) is 4.98 Å². The van der Waals surface area contributed by atoms with E-state index in [0.29, 0.717) is 6.04 Å². The van der Waals surface area contributed by atoms with Crippen LogP contribution in [0.1, 0.15) is 40.6 Å². The molecule has 0 spiro atoms. The van der Waals surface area contributed by atoms with Gasteiger partial charge in [-0.2, -0.15) is 0 Å². The molecule has 0 bridgehead atoms. The lowest BCUT2D eigenvalue weighted by Crippen LogP contribution is -2.38. The van der Waals surface area contributed by atoms with Gasteiger partial charge in [-0.15, -0.1) is 11.3 Å². The largest absolute Gasteiger partial charge is 0.356 e. The number of rotatable bonds is 8. The third-order valence-corrected chi connectivity index (χ3v) is 5.93. The zero-order valence-electron chi connectivity index (χ0n) is 17.5. The third kappa shape index (κ3) is 6.63. The van der Waals surface area contributed by atoms with Crippen molar-refractivity contribution in [3.8, 4) is 0 Å². The number of nitrogens with one attached hydrogen (secondary N) is 2. The molecule has 0 amide bonds. The Balaban J connectivity index is 1.86. The highest BCUT2D eigenvalue weighted by atomic mass is 32.1. The molecule has 2 aromatic rings.